The maximum absolute atomic E-state index is 11.4. The second-order valence-corrected chi connectivity index (χ2v) is 5.05. The Labute approximate surface area is 77.8 Å². The number of allylic oxidation sites excluding steroid dienone is 2. The van der Waals surface area contributed by atoms with Crippen LogP contribution in [0, 0.1) is 17.3 Å². The number of carbonyl (C=O) groups is 1. The summed E-state index contributed by atoms with van der Waals surface area (Å²) in [4.78, 5) is 11.4. The van der Waals surface area contributed by atoms with Gasteiger partial charge in [-0.3, -0.25) is 4.79 Å². The molecular formula is C10H13ClO. The lowest BCUT2D eigenvalue weighted by Gasteiger charge is -2.09. The zero-order chi connectivity index (χ0) is 9.09. The van der Waals surface area contributed by atoms with Gasteiger partial charge in [-0.05, 0) is 24.2 Å². The van der Waals surface area contributed by atoms with Crippen molar-refractivity contribution in [2.75, 3.05) is 0 Å². The quantitative estimate of drug-likeness (QED) is 0.529. The van der Waals surface area contributed by atoms with E-state index in [9.17, 15) is 4.79 Å². The lowest BCUT2D eigenvalue weighted by molar-refractivity contribution is -0.115. The van der Waals surface area contributed by atoms with E-state index >= 15 is 0 Å². The van der Waals surface area contributed by atoms with Gasteiger partial charge in [0.1, 0.15) is 0 Å². The fraction of sp³-hybridized carbons (Fsp3) is 0.700. The zero-order valence-corrected chi connectivity index (χ0v) is 8.40. The minimum absolute atomic E-state index is 0.275. The molecular weight excluding hydrogens is 172 g/mol. The van der Waals surface area contributed by atoms with Gasteiger partial charge >= 0.3 is 0 Å². The predicted molar refractivity (Wildman–Crippen MR) is 48.9 cm³/mol. The molecule has 0 saturated heterocycles. The molecule has 2 atom stereocenters. The average molecular weight is 185 g/mol. The molecule has 2 rings (SSSR count). The molecule has 0 radical (unpaired) electrons. The third kappa shape index (κ3) is 0.832. The summed E-state index contributed by atoms with van der Waals surface area (Å²) in [7, 11) is 0. The standard InChI is InChI=1S/C10H13ClO/c1-5(11)8-7(12)4-6-9(8)10(6,2)3/h6,9H,4H2,1-3H3/b8-5-/t6-,9-/m1/s1. The number of rotatable bonds is 0. The highest BCUT2D eigenvalue weighted by Crippen LogP contribution is 2.68. The zero-order valence-electron chi connectivity index (χ0n) is 7.65. The summed E-state index contributed by atoms with van der Waals surface area (Å²) >= 11 is 5.89. The number of hydrogen-bond acceptors (Lipinski definition) is 1. The van der Waals surface area contributed by atoms with Crippen LogP contribution in [-0.4, -0.2) is 5.78 Å². The molecule has 0 spiro atoms. The van der Waals surface area contributed by atoms with E-state index in [1.807, 2.05) is 6.92 Å². The molecule has 66 valence electrons. The first-order chi connectivity index (χ1) is 5.46. The van der Waals surface area contributed by atoms with E-state index < -0.39 is 0 Å². The lowest BCUT2D eigenvalue weighted by atomic mass is 9.96. The Morgan fingerprint density at radius 1 is 1.58 bits per heavy atom. The van der Waals surface area contributed by atoms with Crippen molar-refractivity contribution in [3.63, 3.8) is 0 Å². The lowest BCUT2D eigenvalue weighted by Crippen LogP contribution is -2.08. The Bertz CT molecular complexity index is 284. The molecule has 0 bridgehead atoms. The fourth-order valence-electron chi connectivity index (χ4n) is 2.59. The third-order valence-corrected chi connectivity index (χ3v) is 3.64. The van der Waals surface area contributed by atoms with Crippen molar-refractivity contribution in [3.8, 4) is 0 Å². The molecule has 2 aliphatic carbocycles. The molecule has 2 heteroatoms. The maximum Gasteiger partial charge on any atom is 0.160 e. The van der Waals surface area contributed by atoms with Crippen LogP contribution in [-0.2, 0) is 4.79 Å². The van der Waals surface area contributed by atoms with Crippen molar-refractivity contribution in [2.24, 2.45) is 17.3 Å². The van der Waals surface area contributed by atoms with Gasteiger partial charge in [0.25, 0.3) is 0 Å². The van der Waals surface area contributed by atoms with E-state index in [0.29, 0.717) is 22.3 Å². The summed E-state index contributed by atoms with van der Waals surface area (Å²) < 4.78 is 0. The van der Waals surface area contributed by atoms with Crippen molar-refractivity contribution in [1.29, 1.82) is 0 Å². The highest BCUT2D eigenvalue weighted by molar-refractivity contribution is 6.32. The van der Waals surface area contributed by atoms with Crippen LogP contribution in [0.5, 0.6) is 0 Å². The molecule has 0 aromatic rings. The van der Waals surface area contributed by atoms with Crippen molar-refractivity contribution < 1.29 is 4.79 Å². The van der Waals surface area contributed by atoms with Gasteiger partial charge in [0.2, 0.25) is 0 Å². The summed E-state index contributed by atoms with van der Waals surface area (Å²) in [5, 5.41) is 0.707. The Morgan fingerprint density at radius 3 is 2.50 bits per heavy atom. The van der Waals surface area contributed by atoms with Gasteiger partial charge in [-0.1, -0.05) is 25.4 Å². The number of ketones is 1. The van der Waals surface area contributed by atoms with E-state index in [-0.39, 0.29) is 5.78 Å². The number of Topliss-reactive ketones (excluding diaryl/α,β-unsaturated/α-hetero) is 1. The van der Waals surface area contributed by atoms with Crippen LogP contribution in [0.1, 0.15) is 27.2 Å². The summed E-state index contributed by atoms with van der Waals surface area (Å²) in [5.74, 6) is 1.31. The Balaban J connectivity index is 2.37. The molecule has 0 N–H and O–H groups in total. The van der Waals surface area contributed by atoms with Crippen LogP contribution in [0.2, 0.25) is 0 Å². The van der Waals surface area contributed by atoms with E-state index in [1.165, 1.54) is 0 Å². The Hall–Kier alpha value is -0.300. The molecule has 2 saturated carbocycles. The monoisotopic (exact) mass is 184 g/mol. The molecule has 1 nitrogen and oxygen atoms in total. The van der Waals surface area contributed by atoms with E-state index in [1.54, 1.807) is 0 Å². The highest BCUT2D eigenvalue weighted by Gasteiger charge is 2.65. The first-order valence-electron chi connectivity index (χ1n) is 4.35. The normalized spacial score (nSPS) is 41.2. The second kappa shape index (κ2) is 2.14. The molecule has 12 heavy (non-hydrogen) atoms. The van der Waals surface area contributed by atoms with E-state index in [0.717, 1.165) is 12.0 Å². The predicted octanol–water partition coefficient (Wildman–Crippen LogP) is 2.74. The molecule has 2 aliphatic rings. The third-order valence-electron chi connectivity index (χ3n) is 3.44. The molecule has 0 unspecified atom stereocenters. The van der Waals surface area contributed by atoms with E-state index in [4.69, 9.17) is 11.6 Å². The van der Waals surface area contributed by atoms with Gasteiger partial charge in [0, 0.05) is 17.0 Å². The Kier molecular flexibility index (Phi) is 1.48. The molecule has 0 aromatic heterocycles. The number of fused-ring (bicyclic) bond motifs is 1. The first kappa shape index (κ1) is 8.31. The molecule has 2 fully saturated rings. The minimum Gasteiger partial charge on any atom is -0.294 e. The number of hydrogen-bond donors (Lipinski definition) is 0. The molecule has 0 aliphatic heterocycles. The van der Waals surface area contributed by atoms with Crippen molar-refractivity contribution >= 4 is 17.4 Å². The van der Waals surface area contributed by atoms with Crippen LogP contribution in [0.4, 0.5) is 0 Å². The maximum atomic E-state index is 11.4. The van der Waals surface area contributed by atoms with Crippen LogP contribution in [0.15, 0.2) is 10.6 Å². The van der Waals surface area contributed by atoms with Crippen LogP contribution in [0.3, 0.4) is 0 Å². The SMILES string of the molecule is C/C(Cl)=C1\C(=O)C[C@@H]2[C@H]1C2(C)C. The Morgan fingerprint density at radius 2 is 2.17 bits per heavy atom. The fourth-order valence-corrected chi connectivity index (χ4v) is 2.81. The van der Waals surface area contributed by atoms with Gasteiger partial charge in [0.15, 0.2) is 5.78 Å². The second-order valence-electron chi connectivity index (χ2n) is 4.48. The van der Waals surface area contributed by atoms with Gasteiger partial charge in [-0.15, -0.1) is 0 Å². The van der Waals surface area contributed by atoms with E-state index in [2.05, 4.69) is 13.8 Å². The molecule has 0 aromatic carbocycles. The van der Waals surface area contributed by atoms with Crippen LogP contribution in [0.25, 0.3) is 0 Å². The topological polar surface area (TPSA) is 17.1 Å². The minimum atomic E-state index is 0.275. The van der Waals surface area contributed by atoms with Crippen LogP contribution >= 0.6 is 11.6 Å². The first-order valence-corrected chi connectivity index (χ1v) is 4.73. The highest BCUT2D eigenvalue weighted by atomic mass is 35.5. The van der Waals surface area contributed by atoms with Crippen LogP contribution < -0.4 is 0 Å². The van der Waals surface area contributed by atoms with Gasteiger partial charge in [-0.25, -0.2) is 0 Å². The summed E-state index contributed by atoms with van der Waals surface area (Å²) in [6.07, 6.45) is 0.719. The average Bonchev–Trinajstić information content (AvgIpc) is 2.40. The number of carbonyl (C=O) groups excluding carboxylic acids is 1. The number of halogens is 1. The summed E-state index contributed by atoms with van der Waals surface area (Å²) in [6.45, 7) is 6.26. The molecule has 0 amide bonds. The van der Waals surface area contributed by atoms with Gasteiger partial charge < -0.3 is 0 Å². The largest absolute Gasteiger partial charge is 0.294 e. The van der Waals surface area contributed by atoms with Gasteiger partial charge in [0.05, 0.1) is 0 Å². The molecule has 0 heterocycles. The van der Waals surface area contributed by atoms with Crippen molar-refractivity contribution in [1.82, 2.24) is 0 Å². The summed E-state index contributed by atoms with van der Waals surface area (Å²) in [6, 6.07) is 0. The summed E-state index contributed by atoms with van der Waals surface area (Å²) in [5.41, 5.74) is 1.24. The van der Waals surface area contributed by atoms with Crippen molar-refractivity contribution in [2.45, 2.75) is 27.2 Å². The smallest absolute Gasteiger partial charge is 0.160 e. The van der Waals surface area contributed by atoms with Gasteiger partial charge in [-0.2, -0.15) is 0 Å². The van der Waals surface area contributed by atoms with Crippen molar-refractivity contribution in [3.05, 3.63) is 10.6 Å².